The first kappa shape index (κ1) is 11.8. The molecule has 0 aliphatic rings. The summed E-state index contributed by atoms with van der Waals surface area (Å²) in [6.45, 7) is 0. The van der Waals surface area contributed by atoms with Crippen LogP contribution in [-0.2, 0) is 0 Å². The maximum atomic E-state index is 13.4. The minimum Gasteiger partial charge on any atom is -0.290 e. The Morgan fingerprint density at radius 3 is 2.76 bits per heavy atom. The maximum Gasteiger partial charge on any atom is 0.280 e. The summed E-state index contributed by atoms with van der Waals surface area (Å²) in [7, 11) is 0. The predicted molar refractivity (Wildman–Crippen MR) is 79.2 cm³/mol. The van der Waals surface area contributed by atoms with E-state index in [2.05, 4.69) is 10.1 Å². The summed E-state index contributed by atoms with van der Waals surface area (Å²) >= 11 is 0. The highest BCUT2D eigenvalue weighted by atomic mass is 19.1. The van der Waals surface area contributed by atoms with Gasteiger partial charge in [0.15, 0.2) is 0 Å². The molecule has 5 heteroatoms. The van der Waals surface area contributed by atoms with Crippen molar-refractivity contribution in [1.29, 1.82) is 0 Å². The van der Waals surface area contributed by atoms with Crippen LogP contribution in [0, 0.1) is 5.82 Å². The first-order valence-electron chi connectivity index (χ1n) is 6.48. The zero-order valence-electron chi connectivity index (χ0n) is 10.9. The maximum absolute atomic E-state index is 13.4. The molecule has 0 bridgehead atoms. The Kier molecular flexibility index (Phi) is 2.41. The number of H-pyrrole nitrogens is 1. The minimum absolute atomic E-state index is 0.242. The van der Waals surface area contributed by atoms with Crippen molar-refractivity contribution in [1.82, 2.24) is 14.8 Å². The van der Waals surface area contributed by atoms with Gasteiger partial charge in [0.1, 0.15) is 5.82 Å². The summed E-state index contributed by atoms with van der Waals surface area (Å²) < 4.78 is 14.7. The molecule has 0 fully saturated rings. The monoisotopic (exact) mass is 279 g/mol. The normalized spacial score (nSPS) is 11.3. The molecule has 0 aliphatic carbocycles. The van der Waals surface area contributed by atoms with Crippen LogP contribution < -0.4 is 5.56 Å². The molecule has 4 rings (SSSR count). The molecule has 0 radical (unpaired) electrons. The largest absolute Gasteiger partial charge is 0.290 e. The molecule has 2 aromatic heterocycles. The lowest BCUT2D eigenvalue weighted by molar-refractivity contribution is 0.625. The van der Waals surface area contributed by atoms with E-state index in [1.807, 2.05) is 24.3 Å². The van der Waals surface area contributed by atoms with Crippen LogP contribution in [0.4, 0.5) is 4.39 Å². The Morgan fingerprint density at radius 2 is 1.90 bits per heavy atom. The molecule has 0 aliphatic heterocycles. The molecule has 21 heavy (non-hydrogen) atoms. The summed E-state index contributed by atoms with van der Waals surface area (Å²) in [5, 5.41) is 4.40. The number of halogens is 1. The fourth-order valence-electron chi connectivity index (χ4n) is 2.50. The van der Waals surface area contributed by atoms with Crippen molar-refractivity contribution < 1.29 is 4.39 Å². The van der Waals surface area contributed by atoms with E-state index in [0.717, 1.165) is 10.9 Å². The van der Waals surface area contributed by atoms with Crippen molar-refractivity contribution in [2.45, 2.75) is 0 Å². The number of pyridine rings is 1. The van der Waals surface area contributed by atoms with Crippen molar-refractivity contribution in [3.63, 3.8) is 0 Å². The van der Waals surface area contributed by atoms with E-state index in [-0.39, 0.29) is 11.4 Å². The van der Waals surface area contributed by atoms with Gasteiger partial charge in [0.2, 0.25) is 0 Å². The van der Waals surface area contributed by atoms with Crippen molar-refractivity contribution in [2.24, 2.45) is 0 Å². The molecule has 0 unspecified atom stereocenters. The number of hydrogen-bond donors (Lipinski definition) is 1. The number of aromatic nitrogens is 3. The van der Waals surface area contributed by atoms with Crippen LogP contribution in [0.5, 0.6) is 0 Å². The molecule has 4 nitrogen and oxygen atoms in total. The molecular weight excluding hydrogens is 269 g/mol. The third-order valence-corrected chi connectivity index (χ3v) is 3.50. The van der Waals surface area contributed by atoms with Crippen LogP contribution in [0.1, 0.15) is 0 Å². The van der Waals surface area contributed by atoms with E-state index in [1.54, 1.807) is 18.3 Å². The number of para-hydroxylation sites is 1. The van der Waals surface area contributed by atoms with Gasteiger partial charge >= 0.3 is 0 Å². The Labute approximate surface area is 118 Å². The lowest BCUT2D eigenvalue weighted by Crippen LogP contribution is -2.14. The molecule has 0 saturated heterocycles. The van der Waals surface area contributed by atoms with Gasteiger partial charge in [-0.25, -0.2) is 9.07 Å². The SMILES string of the molecule is O=c1c2cnc3ccccc3c2[nH]n1-c1cccc(F)c1. The summed E-state index contributed by atoms with van der Waals surface area (Å²) in [6, 6.07) is 13.5. The minimum atomic E-state index is -0.388. The smallest absolute Gasteiger partial charge is 0.280 e. The van der Waals surface area contributed by atoms with E-state index in [0.29, 0.717) is 16.6 Å². The second-order valence-electron chi connectivity index (χ2n) is 4.80. The molecule has 0 spiro atoms. The van der Waals surface area contributed by atoms with E-state index >= 15 is 0 Å². The predicted octanol–water partition coefficient (Wildman–Crippen LogP) is 3.01. The average Bonchev–Trinajstić information content (AvgIpc) is 2.85. The Hall–Kier alpha value is -2.95. The number of aromatic amines is 1. The van der Waals surface area contributed by atoms with Gasteiger partial charge in [0.25, 0.3) is 5.56 Å². The standard InChI is InChI=1S/C16H10FN3O/c17-10-4-3-5-11(8-10)20-16(21)13-9-18-14-7-2-1-6-12(14)15(13)19-20/h1-9,19H. The zero-order valence-corrected chi connectivity index (χ0v) is 10.9. The van der Waals surface area contributed by atoms with Crippen LogP contribution in [0.2, 0.25) is 0 Å². The number of benzene rings is 2. The van der Waals surface area contributed by atoms with E-state index in [4.69, 9.17) is 0 Å². The van der Waals surface area contributed by atoms with Gasteiger partial charge in [0, 0.05) is 11.6 Å². The summed E-state index contributed by atoms with van der Waals surface area (Å²) in [5.74, 6) is -0.388. The van der Waals surface area contributed by atoms with Gasteiger partial charge in [0.05, 0.1) is 22.1 Å². The van der Waals surface area contributed by atoms with Crippen LogP contribution in [0.3, 0.4) is 0 Å². The first-order valence-corrected chi connectivity index (χ1v) is 6.48. The molecule has 0 saturated carbocycles. The van der Waals surface area contributed by atoms with Crippen molar-refractivity contribution in [3.8, 4) is 5.69 Å². The highest BCUT2D eigenvalue weighted by Gasteiger charge is 2.11. The van der Waals surface area contributed by atoms with Gasteiger partial charge in [-0.05, 0) is 24.3 Å². The lowest BCUT2D eigenvalue weighted by Gasteiger charge is -2.00. The number of fused-ring (bicyclic) bond motifs is 3. The van der Waals surface area contributed by atoms with Gasteiger partial charge in [-0.2, -0.15) is 0 Å². The number of rotatable bonds is 1. The number of nitrogens with one attached hydrogen (secondary N) is 1. The number of nitrogens with zero attached hydrogens (tertiary/aromatic N) is 2. The third-order valence-electron chi connectivity index (χ3n) is 3.50. The van der Waals surface area contributed by atoms with Gasteiger partial charge in [-0.1, -0.05) is 24.3 Å². The molecule has 102 valence electrons. The topological polar surface area (TPSA) is 50.7 Å². The molecule has 2 aromatic carbocycles. The number of hydrogen-bond acceptors (Lipinski definition) is 2. The van der Waals surface area contributed by atoms with Crippen molar-refractivity contribution in [2.75, 3.05) is 0 Å². The fraction of sp³-hybridized carbons (Fsp3) is 0. The molecule has 1 N–H and O–H groups in total. The summed E-state index contributed by atoms with van der Waals surface area (Å²) in [4.78, 5) is 16.7. The van der Waals surface area contributed by atoms with E-state index in [9.17, 15) is 9.18 Å². The Balaban J connectivity index is 2.10. The lowest BCUT2D eigenvalue weighted by atomic mass is 10.2. The van der Waals surface area contributed by atoms with Crippen LogP contribution in [0.15, 0.2) is 59.5 Å². The third kappa shape index (κ3) is 1.74. The van der Waals surface area contributed by atoms with Crippen LogP contribution >= 0.6 is 0 Å². The first-order chi connectivity index (χ1) is 10.2. The van der Waals surface area contributed by atoms with Crippen LogP contribution in [0.25, 0.3) is 27.5 Å². The zero-order chi connectivity index (χ0) is 14.4. The molecule has 0 atom stereocenters. The van der Waals surface area contributed by atoms with Gasteiger partial charge in [-0.15, -0.1) is 0 Å². The highest BCUT2D eigenvalue weighted by molar-refractivity contribution is 6.02. The van der Waals surface area contributed by atoms with E-state index < -0.39 is 0 Å². The van der Waals surface area contributed by atoms with Crippen molar-refractivity contribution in [3.05, 3.63) is 70.9 Å². The fourth-order valence-corrected chi connectivity index (χ4v) is 2.50. The summed E-state index contributed by atoms with van der Waals surface area (Å²) in [6.07, 6.45) is 1.55. The molecule has 2 heterocycles. The van der Waals surface area contributed by atoms with Crippen LogP contribution in [-0.4, -0.2) is 14.8 Å². The quantitative estimate of drug-likeness (QED) is 0.582. The van der Waals surface area contributed by atoms with Crippen molar-refractivity contribution >= 4 is 21.8 Å². The molecule has 4 aromatic rings. The van der Waals surface area contributed by atoms with Gasteiger partial charge in [-0.3, -0.25) is 14.9 Å². The second-order valence-corrected chi connectivity index (χ2v) is 4.80. The Morgan fingerprint density at radius 1 is 1.05 bits per heavy atom. The van der Waals surface area contributed by atoms with E-state index in [1.165, 1.54) is 16.8 Å². The summed E-state index contributed by atoms with van der Waals surface area (Å²) in [5.41, 5.74) is 1.72. The molecular formula is C16H10FN3O. The van der Waals surface area contributed by atoms with Gasteiger partial charge < -0.3 is 0 Å². The highest BCUT2D eigenvalue weighted by Crippen LogP contribution is 2.20. The Bertz CT molecular complexity index is 1030. The average molecular weight is 279 g/mol. The second kappa shape index (κ2) is 4.28. The molecule has 0 amide bonds.